The number of fused-ring (bicyclic) bond motifs is 1. The zero-order valence-electron chi connectivity index (χ0n) is 15.6. The van der Waals surface area contributed by atoms with Crippen LogP contribution in [-0.4, -0.2) is 23.6 Å². The van der Waals surface area contributed by atoms with Gasteiger partial charge < -0.3 is 14.5 Å². The molecular weight excluding hydrogens is 344 g/mol. The second-order valence-electron chi connectivity index (χ2n) is 6.45. The molecule has 0 aliphatic rings. The number of amides is 1. The molecule has 0 spiro atoms. The molecule has 142 valence electrons. The topological polar surface area (TPSA) is 73.5 Å². The van der Waals surface area contributed by atoms with Crippen molar-refractivity contribution in [1.82, 2.24) is 9.88 Å². The fraction of sp³-hybridized carbons (Fsp3) is 0.333. The zero-order chi connectivity index (χ0) is 19.2. The van der Waals surface area contributed by atoms with Crippen molar-refractivity contribution >= 4 is 17.0 Å². The molecule has 0 bridgehead atoms. The summed E-state index contributed by atoms with van der Waals surface area (Å²) in [7, 11) is 0. The van der Waals surface area contributed by atoms with Crippen LogP contribution in [0.3, 0.4) is 0 Å². The minimum atomic E-state index is -0.648. The van der Waals surface area contributed by atoms with E-state index in [1.54, 1.807) is 25.1 Å². The number of para-hydroxylation sites is 2. The standard InChI is InChI=1S/C21H24N2O4/c1-15(23-18-11-6-7-12-19(18)27-21(23)25)20(24)22-13-8-14-26-16(2)17-9-4-3-5-10-17/h3-7,9-12,15-16H,8,13-14H2,1-2H3,(H,22,24). The Morgan fingerprint density at radius 1 is 1.11 bits per heavy atom. The molecule has 1 aromatic heterocycles. The average Bonchev–Trinajstić information content (AvgIpc) is 3.03. The summed E-state index contributed by atoms with van der Waals surface area (Å²) >= 11 is 0. The Morgan fingerprint density at radius 2 is 1.81 bits per heavy atom. The number of aromatic nitrogens is 1. The lowest BCUT2D eigenvalue weighted by Gasteiger charge is -2.15. The van der Waals surface area contributed by atoms with Crippen LogP contribution in [0.1, 0.15) is 38.0 Å². The number of ether oxygens (including phenoxy) is 1. The number of nitrogens with zero attached hydrogens (tertiary/aromatic N) is 1. The summed E-state index contributed by atoms with van der Waals surface area (Å²) in [6.45, 7) is 4.72. The van der Waals surface area contributed by atoms with Gasteiger partial charge in [-0.05, 0) is 38.0 Å². The van der Waals surface area contributed by atoms with Gasteiger partial charge in [0.15, 0.2) is 5.58 Å². The molecule has 0 fully saturated rings. The van der Waals surface area contributed by atoms with Crippen LogP contribution in [0.25, 0.3) is 11.1 Å². The molecule has 6 heteroatoms. The molecule has 1 amide bonds. The van der Waals surface area contributed by atoms with Crippen LogP contribution in [0.5, 0.6) is 0 Å². The van der Waals surface area contributed by atoms with E-state index in [0.717, 1.165) is 5.56 Å². The zero-order valence-corrected chi connectivity index (χ0v) is 15.6. The monoisotopic (exact) mass is 368 g/mol. The van der Waals surface area contributed by atoms with Crippen LogP contribution >= 0.6 is 0 Å². The van der Waals surface area contributed by atoms with E-state index in [1.165, 1.54) is 4.57 Å². The van der Waals surface area contributed by atoms with E-state index in [9.17, 15) is 9.59 Å². The quantitative estimate of drug-likeness (QED) is 0.618. The number of hydrogen-bond acceptors (Lipinski definition) is 4. The number of rotatable bonds is 8. The molecule has 2 atom stereocenters. The van der Waals surface area contributed by atoms with Gasteiger partial charge in [-0.25, -0.2) is 4.79 Å². The van der Waals surface area contributed by atoms with Gasteiger partial charge in [0.2, 0.25) is 5.91 Å². The lowest BCUT2D eigenvalue weighted by Crippen LogP contribution is -2.35. The maximum Gasteiger partial charge on any atom is 0.420 e. The van der Waals surface area contributed by atoms with Gasteiger partial charge in [0, 0.05) is 13.2 Å². The van der Waals surface area contributed by atoms with Crippen LogP contribution in [0.15, 0.2) is 63.8 Å². The van der Waals surface area contributed by atoms with Crippen molar-refractivity contribution in [2.24, 2.45) is 0 Å². The molecule has 3 aromatic rings. The highest BCUT2D eigenvalue weighted by Gasteiger charge is 2.20. The summed E-state index contributed by atoms with van der Waals surface area (Å²) in [6.07, 6.45) is 0.702. The molecule has 0 saturated carbocycles. The van der Waals surface area contributed by atoms with Crippen molar-refractivity contribution in [3.63, 3.8) is 0 Å². The molecule has 1 N–H and O–H groups in total. The number of oxazole rings is 1. The molecule has 6 nitrogen and oxygen atoms in total. The van der Waals surface area contributed by atoms with E-state index < -0.39 is 11.8 Å². The maximum absolute atomic E-state index is 12.4. The second-order valence-corrected chi connectivity index (χ2v) is 6.45. The first-order valence-electron chi connectivity index (χ1n) is 9.12. The summed E-state index contributed by atoms with van der Waals surface area (Å²) < 4.78 is 12.4. The molecule has 0 radical (unpaired) electrons. The molecule has 2 unspecified atom stereocenters. The lowest BCUT2D eigenvalue weighted by molar-refractivity contribution is -0.123. The normalized spacial score (nSPS) is 13.4. The van der Waals surface area contributed by atoms with E-state index >= 15 is 0 Å². The van der Waals surface area contributed by atoms with Gasteiger partial charge in [0.25, 0.3) is 0 Å². The van der Waals surface area contributed by atoms with E-state index in [-0.39, 0.29) is 12.0 Å². The molecule has 27 heavy (non-hydrogen) atoms. The average molecular weight is 368 g/mol. The van der Waals surface area contributed by atoms with Gasteiger partial charge in [0.05, 0.1) is 11.6 Å². The molecular formula is C21H24N2O4. The van der Waals surface area contributed by atoms with Crippen molar-refractivity contribution < 1.29 is 13.9 Å². The predicted molar refractivity (Wildman–Crippen MR) is 104 cm³/mol. The van der Waals surface area contributed by atoms with Gasteiger partial charge in [0.1, 0.15) is 6.04 Å². The fourth-order valence-corrected chi connectivity index (χ4v) is 2.98. The Labute approximate surface area is 157 Å². The number of benzene rings is 2. The highest BCUT2D eigenvalue weighted by Crippen LogP contribution is 2.17. The van der Waals surface area contributed by atoms with Crippen LogP contribution in [0.4, 0.5) is 0 Å². The summed E-state index contributed by atoms with van der Waals surface area (Å²) in [4.78, 5) is 24.5. The van der Waals surface area contributed by atoms with Crippen molar-refractivity contribution in [3.05, 3.63) is 70.7 Å². The Balaban J connectivity index is 1.48. The Hall–Kier alpha value is -2.86. The fourth-order valence-electron chi connectivity index (χ4n) is 2.98. The minimum absolute atomic E-state index is 0.0108. The number of carbonyl (C=O) groups excluding carboxylic acids is 1. The van der Waals surface area contributed by atoms with Gasteiger partial charge in [-0.2, -0.15) is 0 Å². The number of hydrogen-bond donors (Lipinski definition) is 1. The largest absolute Gasteiger partial charge is 0.420 e. The van der Waals surface area contributed by atoms with E-state index in [1.807, 2.05) is 43.3 Å². The third kappa shape index (κ3) is 4.46. The number of carbonyl (C=O) groups is 1. The van der Waals surface area contributed by atoms with Crippen molar-refractivity contribution in [3.8, 4) is 0 Å². The molecule has 1 heterocycles. The van der Waals surface area contributed by atoms with E-state index in [0.29, 0.717) is 30.7 Å². The Morgan fingerprint density at radius 3 is 2.59 bits per heavy atom. The van der Waals surface area contributed by atoms with Crippen molar-refractivity contribution in [1.29, 1.82) is 0 Å². The van der Waals surface area contributed by atoms with Gasteiger partial charge >= 0.3 is 5.76 Å². The highest BCUT2D eigenvalue weighted by molar-refractivity contribution is 5.82. The Bertz CT molecular complexity index is 945. The van der Waals surface area contributed by atoms with Gasteiger partial charge in [-0.1, -0.05) is 42.5 Å². The van der Waals surface area contributed by atoms with Crippen molar-refractivity contribution in [2.75, 3.05) is 13.2 Å². The second kappa shape index (κ2) is 8.68. The minimum Gasteiger partial charge on any atom is -0.408 e. The first-order chi connectivity index (χ1) is 13.1. The first kappa shape index (κ1) is 18.9. The molecule has 3 rings (SSSR count). The van der Waals surface area contributed by atoms with Crippen LogP contribution < -0.4 is 11.1 Å². The summed E-state index contributed by atoms with van der Waals surface area (Å²) in [5.41, 5.74) is 2.22. The lowest BCUT2D eigenvalue weighted by atomic mass is 10.1. The predicted octanol–water partition coefficient (Wildman–Crippen LogP) is 3.44. The van der Waals surface area contributed by atoms with Crippen LogP contribution in [0, 0.1) is 0 Å². The highest BCUT2D eigenvalue weighted by atomic mass is 16.5. The summed E-state index contributed by atoms with van der Waals surface area (Å²) in [5, 5.41) is 2.86. The third-order valence-electron chi connectivity index (χ3n) is 4.54. The Kier molecular flexibility index (Phi) is 6.08. The number of nitrogens with one attached hydrogen (secondary N) is 1. The summed E-state index contributed by atoms with van der Waals surface area (Å²) in [5.74, 6) is -0.751. The van der Waals surface area contributed by atoms with Crippen molar-refractivity contribution in [2.45, 2.75) is 32.4 Å². The van der Waals surface area contributed by atoms with Gasteiger partial charge in [-0.15, -0.1) is 0 Å². The van der Waals surface area contributed by atoms with E-state index in [2.05, 4.69) is 5.32 Å². The maximum atomic E-state index is 12.4. The third-order valence-corrected chi connectivity index (χ3v) is 4.54. The first-order valence-corrected chi connectivity index (χ1v) is 9.12. The van der Waals surface area contributed by atoms with E-state index in [4.69, 9.17) is 9.15 Å². The molecule has 2 aromatic carbocycles. The molecule has 0 aliphatic heterocycles. The summed E-state index contributed by atoms with van der Waals surface area (Å²) in [6, 6.07) is 16.4. The SMILES string of the molecule is CC(OCCCNC(=O)C(C)n1c(=O)oc2ccccc21)c1ccccc1. The smallest absolute Gasteiger partial charge is 0.408 e. The molecule has 0 saturated heterocycles. The molecule has 0 aliphatic carbocycles. The van der Waals surface area contributed by atoms with Crippen LogP contribution in [0.2, 0.25) is 0 Å². The van der Waals surface area contributed by atoms with Gasteiger partial charge in [-0.3, -0.25) is 9.36 Å². The van der Waals surface area contributed by atoms with Crippen LogP contribution in [-0.2, 0) is 9.53 Å².